The molecule has 0 aromatic heterocycles. The van der Waals surface area contributed by atoms with Crippen molar-refractivity contribution in [2.45, 2.75) is 367 Å². The highest BCUT2D eigenvalue weighted by Crippen LogP contribution is 2.43. The monoisotopic (exact) mass is 1270 g/mol. The van der Waals surface area contributed by atoms with Crippen LogP contribution >= 0.6 is 7.82 Å². The van der Waals surface area contributed by atoms with Crippen molar-refractivity contribution in [3.8, 4) is 0 Å². The molecule has 0 bridgehead atoms. The third kappa shape index (κ3) is 69.4. The number of nitrogens with one attached hydrogen (secondary N) is 1. The summed E-state index contributed by atoms with van der Waals surface area (Å²) >= 11 is 0. The van der Waals surface area contributed by atoms with E-state index in [1.54, 1.807) is 0 Å². The van der Waals surface area contributed by atoms with E-state index in [2.05, 4.69) is 99.0 Å². The van der Waals surface area contributed by atoms with E-state index in [-0.39, 0.29) is 31.5 Å². The number of quaternary nitrogens is 1. The lowest BCUT2D eigenvalue weighted by Gasteiger charge is -2.27. The number of amides is 1. The van der Waals surface area contributed by atoms with Crippen LogP contribution in [0, 0.1) is 0 Å². The number of carbonyl (C=O) groups excluding carboxylic acids is 2. The van der Waals surface area contributed by atoms with Gasteiger partial charge in [0.1, 0.15) is 19.3 Å². The van der Waals surface area contributed by atoms with Gasteiger partial charge in [-0.05, 0) is 102 Å². The molecule has 0 aliphatic heterocycles. The van der Waals surface area contributed by atoms with Gasteiger partial charge in [-0.25, -0.2) is 4.57 Å². The van der Waals surface area contributed by atoms with Crippen LogP contribution in [-0.2, 0) is 27.9 Å². The Kier molecular flexibility index (Phi) is 65.9. The van der Waals surface area contributed by atoms with Crippen LogP contribution in [0.5, 0.6) is 0 Å². The predicted molar refractivity (Wildman–Crippen MR) is 388 cm³/mol. The van der Waals surface area contributed by atoms with E-state index < -0.39 is 20.0 Å². The fourth-order valence-corrected chi connectivity index (χ4v) is 11.8. The van der Waals surface area contributed by atoms with Crippen LogP contribution in [-0.4, -0.2) is 74.3 Å². The van der Waals surface area contributed by atoms with Crippen LogP contribution in [0.15, 0.2) is 85.1 Å². The van der Waals surface area contributed by atoms with Crippen LogP contribution in [0.2, 0.25) is 0 Å². The molecule has 0 fully saturated rings. The van der Waals surface area contributed by atoms with Crippen molar-refractivity contribution in [1.29, 1.82) is 0 Å². The molecule has 0 rings (SSSR count). The molecule has 0 aromatic carbocycles. The molecule has 3 atom stereocenters. The molecule has 2 N–H and O–H groups in total. The molecule has 89 heavy (non-hydrogen) atoms. The molecular formula is C79H146N2O7P+. The van der Waals surface area contributed by atoms with E-state index in [1.807, 2.05) is 33.3 Å². The second kappa shape index (κ2) is 68.1. The van der Waals surface area contributed by atoms with Gasteiger partial charge in [-0.15, -0.1) is 0 Å². The maximum Gasteiger partial charge on any atom is 0.472 e. The van der Waals surface area contributed by atoms with Gasteiger partial charge in [0.15, 0.2) is 0 Å². The number of carbonyl (C=O) groups is 2. The molecule has 0 aromatic rings. The molecule has 0 aliphatic carbocycles. The van der Waals surface area contributed by atoms with Crippen LogP contribution in [0.3, 0.4) is 0 Å². The quantitative estimate of drug-likeness (QED) is 0.0205. The average molecular weight is 1270 g/mol. The molecule has 0 radical (unpaired) electrons. The summed E-state index contributed by atoms with van der Waals surface area (Å²) in [5, 5.41) is 3.08. The topological polar surface area (TPSA) is 111 Å². The minimum Gasteiger partial charge on any atom is -0.456 e. The van der Waals surface area contributed by atoms with Gasteiger partial charge in [-0.1, -0.05) is 324 Å². The maximum atomic E-state index is 13.7. The lowest BCUT2D eigenvalue weighted by Crippen LogP contribution is -2.47. The lowest BCUT2D eigenvalue weighted by atomic mass is 10.0. The molecule has 3 unspecified atom stereocenters. The van der Waals surface area contributed by atoms with Crippen LogP contribution < -0.4 is 5.32 Å². The summed E-state index contributed by atoms with van der Waals surface area (Å²) in [4.78, 5) is 38.0. The van der Waals surface area contributed by atoms with Gasteiger partial charge >= 0.3 is 13.8 Å². The number of hydrogen-bond acceptors (Lipinski definition) is 6. The number of ether oxygens (including phenoxy) is 1. The van der Waals surface area contributed by atoms with E-state index in [0.29, 0.717) is 17.4 Å². The van der Waals surface area contributed by atoms with Crippen molar-refractivity contribution in [2.75, 3.05) is 40.9 Å². The Morgan fingerprint density at radius 1 is 0.404 bits per heavy atom. The second-order valence-corrected chi connectivity index (χ2v) is 28.2. The third-order valence-corrected chi connectivity index (χ3v) is 17.8. The van der Waals surface area contributed by atoms with Gasteiger partial charge in [0.05, 0.1) is 33.8 Å². The first-order valence-electron chi connectivity index (χ1n) is 37.9. The first kappa shape index (κ1) is 86.2. The van der Waals surface area contributed by atoms with Gasteiger partial charge in [-0.2, -0.15) is 0 Å². The SMILES string of the molecule is CC/C=C\C/C=C\C/C=C\C/C=C\C/C=C\CCCCCCCCCCCCCC(=O)OC(/C=C/CCCCCCCCCCCCC)C(COP(=O)(O)OCC[N+](C)(C)C)NC(=O)CCCCCCCCCCCCCCC/C=C/CCCCCCCC. The number of esters is 1. The highest BCUT2D eigenvalue weighted by atomic mass is 31.2. The summed E-state index contributed by atoms with van der Waals surface area (Å²) in [6, 6.07) is -0.854. The molecule has 0 heterocycles. The van der Waals surface area contributed by atoms with Crippen LogP contribution in [0.1, 0.15) is 355 Å². The summed E-state index contributed by atoms with van der Waals surface area (Å²) in [5.74, 6) is -0.497. The summed E-state index contributed by atoms with van der Waals surface area (Å²) in [6.07, 6.45) is 91.7. The summed E-state index contributed by atoms with van der Waals surface area (Å²) in [7, 11) is 1.50. The minimum absolute atomic E-state index is 0.0386. The van der Waals surface area contributed by atoms with Crippen molar-refractivity contribution in [1.82, 2.24) is 5.32 Å². The Labute approximate surface area is 552 Å². The first-order chi connectivity index (χ1) is 43.4. The standard InChI is InChI=1S/C79H145N2O7P/c1-7-10-13-16-19-22-25-28-30-32-34-36-38-39-40-41-43-45-47-49-51-54-57-60-63-66-69-72-79(83)88-77(70-67-64-61-58-55-52-27-24-21-18-15-12-9-3)76(75-87-89(84,85)86-74-73-81(4,5)6)80-78(82)71-68-65-62-59-56-53-50-48-46-44-42-37-35-33-31-29-26-23-20-17-14-11-8-2/h10,13,19,22,28-31,34,36,39-40,67,70,76-77H,7-9,11-12,14-18,20-21,23-27,32-33,35,37-38,41-66,68-69,71-75H2,1-6H3,(H-,80,82,84,85)/p+1/b13-10-,22-19-,30-28-,31-29+,36-34-,40-39-,70-67+. The number of hydrogen-bond donors (Lipinski definition) is 2. The van der Waals surface area contributed by atoms with Crippen molar-refractivity contribution in [3.63, 3.8) is 0 Å². The number of unbranched alkanes of at least 4 members (excludes halogenated alkanes) is 41. The van der Waals surface area contributed by atoms with E-state index in [9.17, 15) is 19.0 Å². The molecule has 0 spiro atoms. The van der Waals surface area contributed by atoms with E-state index in [1.165, 1.54) is 231 Å². The van der Waals surface area contributed by atoms with Crippen molar-refractivity contribution in [3.05, 3.63) is 85.1 Å². The minimum atomic E-state index is -4.46. The van der Waals surface area contributed by atoms with Crippen molar-refractivity contribution >= 4 is 19.7 Å². The number of likely N-dealkylation sites (N-methyl/N-ethyl adjacent to an activating group) is 1. The maximum absolute atomic E-state index is 13.7. The second-order valence-electron chi connectivity index (χ2n) is 26.8. The van der Waals surface area contributed by atoms with E-state index in [0.717, 1.165) is 89.9 Å². The number of nitrogens with zero attached hydrogens (tertiary/aromatic N) is 1. The molecule has 1 amide bonds. The van der Waals surface area contributed by atoms with Gasteiger partial charge < -0.3 is 19.4 Å². The number of rotatable bonds is 69. The normalized spacial score (nSPS) is 13.9. The Morgan fingerprint density at radius 2 is 0.719 bits per heavy atom. The van der Waals surface area contributed by atoms with Crippen molar-refractivity contribution in [2.24, 2.45) is 0 Å². The lowest BCUT2D eigenvalue weighted by molar-refractivity contribution is -0.870. The molecule has 0 aliphatic rings. The third-order valence-electron chi connectivity index (χ3n) is 16.8. The summed E-state index contributed by atoms with van der Waals surface area (Å²) < 4.78 is 30.9. The summed E-state index contributed by atoms with van der Waals surface area (Å²) in [6.45, 7) is 6.94. The fraction of sp³-hybridized carbons (Fsp3) is 0.797. The van der Waals surface area contributed by atoms with Gasteiger partial charge in [0.25, 0.3) is 0 Å². The van der Waals surface area contributed by atoms with Crippen LogP contribution in [0.4, 0.5) is 0 Å². The van der Waals surface area contributed by atoms with Crippen LogP contribution in [0.25, 0.3) is 0 Å². The highest BCUT2D eigenvalue weighted by molar-refractivity contribution is 7.47. The predicted octanol–water partition coefficient (Wildman–Crippen LogP) is 24.5. The zero-order valence-electron chi connectivity index (χ0n) is 59.4. The van der Waals surface area contributed by atoms with Crippen molar-refractivity contribution < 1.29 is 37.3 Å². The molecule has 10 heteroatoms. The molecule has 0 saturated carbocycles. The smallest absolute Gasteiger partial charge is 0.456 e. The molecular weight excluding hydrogens is 1120 g/mol. The van der Waals surface area contributed by atoms with Gasteiger partial charge in [-0.3, -0.25) is 18.6 Å². The Balaban J connectivity index is 5.03. The molecule has 518 valence electrons. The molecule has 0 saturated heterocycles. The van der Waals surface area contributed by atoms with Gasteiger partial charge in [0, 0.05) is 12.8 Å². The molecule has 9 nitrogen and oxygen atoms in total. The number of phosphoric acid groups is 1. The zero-order valence-corrected chi connectivity index (χ0v) is 60.3. The number of phosphoric ester groups is 1. The van der Waals surface area contributed by atoms with Gasteiger partial charge in [0.2, 0.25) is 5.91 Å². The average Bonchev–Trinajstić information content (AvgIpc) is 3.63. The highest BCUT2D eigenvalue weighted by Gasteiger charge is 2.30. The Morgan fingerprint density at radius 3 is 1.09 bits per heavy atom. The first-order valence-corrected chi connectivity index (χ1v) is 39.4. The fourth-order valence-electron chi connectivity index (χ4n) is 11.0. The zero-order chi connectivity index (χ0) is 64.9. The summed E-state index contributed by atoms with van der Waals surface area (Å²) in [5.41, 5.74) is 0. The Bertz CT molecular complexity index is 1800. The number of allylic oxidation sites excluding steroid dienone is 13. The Hall–Kier alpha value is -2.81. The van der Waals surface area contributed by atoms with E-state index >= 15 is 0 Å². The van der Waals surface area contributed by atoms with E-state index in [4.69, 9.17) is 13.8 Å². The largest absolute Gasteiger partial charge is 0.472 e.